The SMILES string of the molecule is O=C(O)C1CC=CC=C1S. The lowest BCUT2D eigenvalue weighted by atomic mass is 10.0. The second-order valence-electron chi connectivity index (χ2n) is 2.15. The molecule has 3 heteroatoms. The minimum Gasteiger partial charge on any atom is -0.481 e. The van der Waals surface area contributed by atoms with Crippen molar-refractivity contribution in [1.29, 1.82) is 0 Å². The van der Waals surface area contributed by atoms with E-state index in [0.29, 0.717) is 11.3 Å². The quantitative estimate of drug-likeness (QED) is 0.564. The van der Waals surface area contributed by atoms with E-state index in [9.17, 15) is 4.79 Å². The fourth-order valence-electron chi connectivity index (χ4n) is 0.846. The van der Waals surface area contributed by atoms with Crippen molar-refractivity contribution in [3.8, 4) is 0 Å². The molecule has 0 aromatic rings. The topological polar surface area (TPSA) is 37.3 Å². The van der Waals surface area contributed by atoms with Crippen molar-refractivity contribution in [2.45, 2.75) is 6.42 Å². The van der Waals surface area contributed by atoms with Gasteiger partial charge >= 0.3 is 5.97 Å². The van der Waals surface area contributed by atoms with Crippen molar-refractivity contribution in [1.82, 2.24) is 0 Å². The van der Waals surface area contributed by atoms with Crippen LogP contribution < -0.4 is 0 Å². The highest BCUT2D eigenvalue weighted by Crippen LogP contribution is 2.22. The molecular formula is C7H8O2S. The van der Waals surface area contributed by atoms with Crippen LogP contribution in [0.3, 0.4) is 0 Å². The van der Waals surface area contributed by atoms with Crippen LogP contribution >= 0.6 is 12.6 Å². The third-order valence-corrected chi connectivity index (χ3v) is 1.89. The largest absolute Gasteiger partial charge is 0.481 e. The van der Waals surface area contributed by atoms with Crippen LogP contribution in [0.5, 0.6) is 0 Å². The van der Waals surface area contributed by atoms with E-state index in [4.69, 9.17) is 5.11 Å². The molecule has 0 saturated heterocycles. The summed E-state index contributed by atoms with van der Waals surface area (Å²) in [7, 11) is 0. The fraction of sp³-hybridized carbons (Fsp3) is 0.286. The van der Waals surface area contributed by atoms with Gasteiger partial charge < -0.3 is 5.11 Å². The predicted molar refractivity (Wildman–Crippen MR) is 42.0 cm³/mol. The van der Waals surface area contributed by atoms with Gasteiger partial charge in [0.2, 0.25) is 0 Å². The second kappa shape index (κ2) is 2.92. The maximum absolute atomic E-state index is 10.4. The third-order valence-electron chi connectivity index (χ3n) is 1.43. The van der Waals surface area contributed by atoms with Crippen LogP contribution in [0.15, 0.2) is 23.1 Å². The molecule has 0 aromatic heterocycles. The number of allylic oxidation sites excluding steroid dienone is 3. The average Bonchev–Trinajstić information content (AvgIpc) is 1.88. The minimum atomic E-state index is -0.800. The number of rotatable bonds is 1. The molecule has 0 heterocycles. The normalized spacial score (nSPS) is 24.1. The molecule has 1 unspecified atom stereocenters. The molecular weight excluding hydrogens is 148 g/mol. The Hall–Kier alpha value is -0.700. The van der Waals surface area contributed by atoms with E-state index in [2.05, 4.69) is 12.6 Å². The fourth-order valence-corrected chi connectivity index (χ4v) is 1.15. The van der Waals surface area contributed by atoms with Crippen LogP contribution in [0.25, 0.3) is 0 Å². The number of thiol groups is 1. The van der Waals surface area contributed by atoms with E-state index >= 15 is 0 Å². The highest BCUT2D eigenvalue weighted by molar-refractivity contribution is 7.84. The van der Waals surface area contributed by atoms with Gasteiger partial charge in [0, 0.05) is 0 Å². The molecule has 1 N–H and O–H groups in total. The predicted octanol–water partition coefficient (Wildman–Crippen LogP) is 1.46. The molecule has 0 amide bonds. The highest BCUT2D eigenvalue weighted by atomic mass is 32.1. The van der Waals surface area contributed by atoms with Crippen molar-refractivity contribution < 1.29 is 9.90 Å². The first kappa shape index (κ1) is 7.41. The molecule has 1 atom stereocenters. The first-order valence-electron chi connectivity index (χ1n) is 3.00. The lowest BCUT2D eigenvalue weighted by Gasteiger charge is -2.11. The molecule has 0 bridgehead atoms. The van der Waals surface area contributed by atoms with Gasteiger partial charge in [0.05, 0.1) is 5.92 Å². The van der Waals surface area contributed by atoms with Gasteiger partial charge in [-0.05, 0) is 11.3 Å². The number of aliphatic carboxylic acids is 1. The Morgan fingerprint density at radius 1 is 1.80 bits per heavy atom. The summed E-state index contributed by atoms with van der Waals surface area (Å²) >= 11 is 4.02. The Balaban J connectivity index is 2.73. The Morgan fingerprint density at radius 3 is 2.90 bits per heavy atom. The Kier molecular flexibility index (Phi) is 2.17. The number of carboxylic acid groups (broad SMARTS) is 1. The molecule has 0 fully saturated rings. The Morgan fingerprint density at radius 2 is 2.50 bits per heavy atom. The number of hydrogen-bond acceptors (Lipinski definition) is 2. The smallest absolute Gasteiger partial charge is 0.311 e. The van der Waals surface area contributed by atoms with Gasteiger partial charge in [0.1, 0.15) is 0 Å². The molecule has 1 aliphatic carbocycles. The maximum atomic E-state index is 10.4. The van der Waals surface area contributed by atoms with Crippen molar-refractivity contribution in [2.24, 2.45) is 5.92 Å². The lowest BCUT2D eigenvalue weighted by molar-refractivity contribution is -0.140. The second-order valence-corrected chi connectivity index (χ2v) is 2.66. The molecule has 0 aromatic carbocycles. The van der Waals surface area contributed by atoms with Crippen LogP contribution in [0.4, 0.5) is 0 Å². The number of hydrogen-bond donors (Lipinski definition) is 2. The van der Waals surface area contributed by atoms with Crippen molar-refractivity contribution >= 4 is 18.6 Å². The van der Waals surface area contributed by atoms with Crippen LogP contribution in [-0.2, 0) is 4.79 Å². The molecule has 54 valence electrons. The zero-order valence-corrected chi connectivity index (χ0v) is 6.21. The number of carboxylic acids is 1. The van der Waals surface area contributed by atoms with E-state index in [1.165, 1.54) is 0 Å². The van der Waals surface area contributed by atoms with E-state index in [0.717, 1.165) is 0 Å². The van der Waals surface area contributed by atoms with Gasteiger partial charge in [-0.25, -0.2) is 0 Å². The molecule has 0 radical (unpaired) electrons. The van der Waals surface area contributed by atoms with E-state index in [1.54, 1.807) is 6.08 Å². The van der Waals surface area contributed by atoms with Crippen molar-refractivity contribution in [3.05, 3.63) is 23.1 Å². The molecule has 10 heavy (non-hydrogen) atoms. The van der Waals surface area contributed by atoms with Crippen molar-refractivity contribution in [3.63, 3.8) is 0 Å². The van der Waals surface area contributed by atoms with Crippen molar-refractivity contribution in [2.75, 3.05) is 0 Å². The third kappa shape index (κ3) is 1.42. The first-order chi connectivity index (χ1) is 4.72. The standard InChI is InChI=1S/C7H8O2S/c8-7(9)5-3-1-2-4-6(5)10/h1-2,4-5,10H,3H2,(H,8,9). The van der Waals surface area contributed by atoms with Crippen LogP contribution in [0.1, 0.15) is 6.42 Å². The maximum Gasteiger partial charge on any atom is 0.311 e. The first-order valence-corrected chi connectivity index (χ1v) is 3.45. The monoisotopic (exact) mass is 156 g/mol. The minimum absolute atomic E-state index is 0.423. The summed E-state index contributed by atoms with van der Waals surface area (Å²) < 4.78 is 0. The summed E-state index contributed by atoms with van der Waals surface area (Å²) in [6.07, 6.45) is 5.93. The van der Waals surface area contributed by atoms with Crippen LogP contribution in [0.2, 0.25) is 0 Å². The van der Waals surface area contributed by atoms with Gasteiger partial charge in [0.15, 0.2) is 0 Å². The summed E-state index contributed by atoms with van der Waals surface area (Å²) in [6, 6.07) is 0. The van der Waals surface area contributed by atoms with E-state index in [-0.39, 0.29) is 0 Å². The number of carbonyl (C=O) groups is 1. The highest BCUT2D eigenvalue weighted by Gasteiger charge is 2.19. The van der Waals surface area contributed by atoms with Gasteiger partial charge in [-0.15, -0.1) is 12.6 Å². The molecule has 2 nitrogen and oxygen atoms in total. The van der Waals surface area contributed by atoms with Crippen LogP contribution in [0, 0.1) is 5.92 Å². The molecule has 0 saturated carbocycles. The summed E-state index contributed by atoms with van der Waals surface area (Å²) in [4.78, 5) is 11.1. The summed E-state index contributed by atoms with van der Waals surface area (Å²) in [5.41, 5.74) is 0. The Bertz CT molecular complexity index is 206. The molecule has 0 spiro atoms. The zero-order valence-electron chi connectivity index (χ0n) is 5.32. The lowest BCUT2D eigenvalue weighted by Crippen LogP contribution is -2.14. The van der Waals surface area contributed by atoms with Gasteiger partial charge in [-0.1, -0.05) is 18.2 Å². The molecule has 0 aliphatic heterocycles. The van der Waals surface area contributed by atoms with Gasteiger partial charge in [-0.2, -0.15) is 0 Å². The van der Waals surface area contributed by atoms with E-state index < -0.39 is 11.9 Å². The van der Waals surface area contributed by atoms with Gasteiger partial charge in [-0.3, -0.25) is 4.79 Å². The molecule has 1 aliphatic rings. The summed E-state index contributed by atoms with van der Waals surface area (Å²) in [5, 5.41) is 8.59. The Labute approximate surface area is 64.7 Å². The summed E-state index contributed by atoms with van der Waals surface area (Å²) in [5.74, 6) is -1.22. The molecule has 1 rings (SSSR count). The van der Waals surface area contributed by atoms with Gasteiger partial charge in [0.25, 0.3) is 0 Å². The van der Waals surface area contributed by atoms with E-state index in [1.807, 2.05) is 12.2 Å². The average molecular weight is 156 g/mol. The zero-order chi connectivity index (χ0) is 7.56. The van der Waals surface area contributed by atoms with Crippen LogP contribution in [-0.4, -0.2) is 11.1 Å². The summed E-state index contributed by atoms with van der Waals surface area (Å²) in [6.45, 7) is 0.